The topological polar surface area (TPSA) is 87.4 Å². The number of alkyl halides is 3. The van der Waals surface area contributed by atoms with Gasteiger partial charge in [0.05, 0.1) is 12.7 Å². The second kappa shape index (κ2) is 9.94. The van der Waals surface area contributed by atoms with Crippen LogP contribution >= 0.6 is 0 Å². The van der Waals surface area contributed by atoms with Crippen molar-refractivity contribution in [2.75, 3.05) is 42.9 Å². The number of amides is 1. The molecule has 1 aromatic heterocycles. The molecular weight excluding hydrogens is 433 g/mol. The number of hydrogen-bond donors (Lipinski definition) is 2. The van der Waals surface area contributed by atoms with Crippen molar-refractivity contribution in [2.24, 2.45) is 5.73 Å². The number of anilines is 3. The molecule has 0 unspecified atom stereocenters. The van der Waals surface area contributed by atoms with E-state index in [9.17, 15) is 18.0 Å². The van der Waals surface area contributed by atoms with Crippen LogP contribution in [-0.4, -0.2) is 59.7 Å². The molecule has 33 heavy (non-hydrogen) atoms. The highest BCUT2D eigenvalue weighted by Gasteiger charge is 2.32. The molecule has 2 aliphatic heterocycles. The van der Waals surface area contributed by atoms with Crippen molar-refractivity contribution < 1.29 is 18.0 Å². The molecular formula is C23H29F3N6O. The van der Waals surface area contributed by atoms with Crippen molar-refractivity contribution in [3.63, 3.8) is 0 Å². The lowest BCUT2D eigenvalue weighted by molar-refractivity contribution is -0.147. The van der Waals surface area contributed by atoms with E-state index in [0.717, 1.165) is 37.2 Å². The molecule has 0 saturated carbocycles. The van der Waals surface area contributed by atoms with Gasteiger partial charge in [-0.2, -0.15) is 13.2 Å². The minimum Gasteiger partial charge on any atom is -0.364 e. The van der Waals surface area contributed by atoms with Crippen LogP contribution in [0.3, 0.4) is 0 Å². The molecule has 0 bridgehead atoms. The number of hydrogen-bond acceptors (Lipinski definition) is 6. The summed E-state index contributed by atoms with van der Waals surface area (Å²) in [6.45, 7) is 1.83. The molecule has 10 heteroatoms. The van der Waals surface area contributed by atoms with Gasteiger partial charge in [-0.05, 0) is 68.8 Å². The van der Waals surface area contributed by atoms with Gasteiger partial charge in [0.25, 0.3) is 5.91 Å². The van der Waals surface area contributed by atoms with E-state index in [1.807, 2.05) is 24.3 Å². The number of aromatic nitrogens is 2. The molecule has 4 rings (SSSR count). The van der Waals surface area contributed by atoms with E-state index in [2.05, 4.69) is 20.2 Å². The quantitative estimate of drug-likeness (QED) is 0.674. The number of nitrogens with zero attached hydrogens (tertiary/aromatic N) is 4. The zero-order valence-corrected chi connectivity index (χ0v) is 18.4. The first-order valence-corrected chi connectivity index (χ1v) is 11.4. The fraction of sp³-hybridized carbons (Fsp3) is 0.522. The lowest BCUT2D eigenvalue weighted by Gasteiger charge is -2.32. The molecule has 2 fully saturated rings. The highest BCUT2D eigenvalue weighted by atomic mass is 19.4. The van der Waals surface area contributed by atoms with Crippen molar-refractivity contribution in [3.8, 4) is 0 Å². The SMILES string of the molecule is NC(=O)c1ncc(N2CCCCC2)nc1Nc1ccc(C2CCN(CC(F)(F)F)CC2)cc1. The van der Waals surface area contributed by atoms with Crippen LogP contribution in [-0.2, 0) is 0 Å². The van der Waals surface area contributed by atoms with E-state index in [0.29, 0.717) is 37.6 Å². The average molecular weight is 463 g/mol. The maximum absolute atomic E-state index is 12.6. The van der Waals surface area contributed by atoms with Gasteiger partial charge in [0.2, 0.25) is 0 Å². The maximum Gasteiger partial charge on any atom is 0.401 e. The monoisotopic (exact) mass is 462 g/mol. The Morgan fingerprint density at radius 1 is 1.06 bits per heavy atom. The standard InChI is InChI=1S/C23H29F3N6O/c24-23(25,26)15-31-12-8-17(9-13-31)16-4-6-18(7-5-16)29-22-20(21(27)33)28-14-19(30-22)32-10-2-1-3-11-32/h4-7,14,17H,1-3,8-13,15H2,(H2,27,33)(H,29,30). The summed E-state index contributed by atoms with van der Waals surface area (Å²) < 4.78 is 37.8. The molecule has 7 nitrogen and oxygen atoms in total. The first kappa shape index (κ1) is 23.3. The number of benzene rings is 1. The minimum atomic E-state index is -4.15. The summed E-state index contributed by atoms with van der Waals surface area (Å²) in [7, 11) is 0. The summed E-state index contributed by atoms with van der Waals surface area (Å²) in [5, 5.41) is 3.16. The third-order valence-corrected chi connectivity index (χ3v) is 6.31. The Morgan fingerprint density at radius 2 is 1.73 bits per heavy atom. The second-order valence-corrected chi connectivity index (χ2v) is 8.75. The number of rotatable bonds is 6. The van der Waals surface area contributed by atoms with Gasteiger partial charge in [-0.15, -0.1) is 0 Å². The summed E-state index contributed by atoms with van der Waals surface area (Å²) in [5.74, 6) is 0.604. The Kier molecular flexibility index (Phi) is 7.02. The van der Waals surface area contributed by atoms with E-state index < -0.39 is 18.6 Å². The van der Waals surface area contributed by atoms with Crippen LogP contribution in [0.4, 0.5) is 30.5 Å². The number of carbonyl (C=O) groups excluding carboxylic acids is 1. The Bertz CT molecular complexity index is 952. The zero-order chi connectivity index (χ0) is 23.4. The van der Waals surface area contributed by atoms with Crippen LogP contribution in [0.15, 0.2) is 30.5 Å². The van der Waals surface area contributed by atoms with Crippen molar-refractivity contribution >= 4 is 23.2 Å². The Balaban J connectivity index is 1.43. The summed E-state index contributed by atoms with van der Waals surface area (Å²) in [4.78, 5) is 24.3. The molecule has 2 aliphatic rings. The van der Waals surface area contributed by atoms with Crippen molar-refractivity contribution in [2.45, 2.75) is 44.2 Å². The molecule has 1 aromatic carbocycles. The van der Waals surface area contributed by atoms with Crippen LogP contribution in [0.25, 0.3) is 0 Å². The fourth-order valence-electron chi connectivity index (χ4n) is 4.58. The van der Waals surface area contributed by atoms with E-state index in [-0.39, 0.29) is 11.6 Å². The molecule has 178 valence electrons. The second-order valence-electron chi connectivity index (χ2n) is 8.75. The van der Waals surface area contributed by atoms with Gasteiger partial charge < -0.3 is 16.0 Å². The van der Waals surface area contributed by atoms with E-state index in [1.54, 1.807) is 6.20 Å². The lowest BCUT2D eigenvalue weighted by atomic mass is 9.89. The van der Waals surface area contributed by atoms with Gasteiger partial charge in [0.1, 0.15) is 5.82 Å². The normalized spacial score (nSPS) is 18.3. The zero-order valence-electron chi connectivity index (χ0n) is 18.4. The number of primary amides is 1. The van der Waals surface area contributed by atoms with E-state index in [1.165, 1.54) is 11.3 Å². The first-order chi connectivity index (χ1) is 15.8. The maximum atomic E-state index is 12.6. The number of likely N-dealkylation sites (tertiary alicyclic amines) is 1. The van der Waals surface area contributed by atoms with Crippen LogP contribution < -0.4 is 16.0 Å². The molecule has 0 atom stereocenters. The molecule has 0 radical (unpaired) electrons. The predicted molar refractivity (Wildman–Crippen MR) is 121 cm³/mol. The number of nitrogens with one attached hydrogen (secondary N) is 1. The average Bonchev–Trinajstić information content (AvgIpc) is 2.79. The fourth-order valence-corrected chi connectivity index (χ4v) is 4.58. The van der Waals surface area contributed by atoms with Crippen molar-refractivity contribution in [3.05, 3.63) is 41.7 Å². The molecule has 3 heterocycles. The minimum absolute atomic E-state index is 0.0804. The largest absolute Gasteiger partial charge is 0.401 e. The van der Waals surface area contributed by atoms with Gasteiger partial charge in [0.15, 0.2) is 11.5 Å². The number of piperidine rings is 2. The summed E-state index contributed by atoms with van der Waals surface area (Å²) >= 11 is 0. The summed E-state index contributed by atoms with van der Waals surface area (Å²) in [5.41, 5.74) is 7.41. The Hall–Kier alpha value is -2.88. The number of nitrogens with two attached hydrogens (primary N) is 1. The highest BCUT2D eigenvalue weighted by Crippen LogP contribution is 2.31. The van der Waals surface area contributed by atoms with Crippen molar-refractivity contribution in [1.29, 1.82) is 0 Å². The lowest BCUT2D eigenvalue weighted by Crippen LogP contribution is -2.39. The third kappa shape index (κ3) is 6.13. The number of halogens is 3. The van der Waals surface area contributed by atoms with Gasteiger partial charge in [0, 0.05) is 18.8 Å². The van der Waals surface area contributed by atoms with Crippen LogP contribution in [0, 0.1) is 0 Å². The Morgan fingerprint density at radius 3 is 2.33 bits per heavy atom. The van der Waals surface area contributed by atoms with Gasteiger partial charge in [-0.1, -0.05) is 12.1 Å². The molecule has 0 spiro atoms. The molecule has 2 aromatic rings. The van der Waals surface area contributed by atoms with Crippen LogP contribution in [0.2, 0.25) is 0 Å². The van der Waals surface area contributed by atoms with Gasteiger partial charge in [-0.3, -0.25) is 9.69 Å². The molecule has 3 N–H and O–H groups in total. The number of carbonyl (C=O) groups is 1. The molecule has 2 saturated heterocycles. The predicted octanol–water partition coefficient (Wildman–Crippen LogP) is 4.05. The third-order valence-electron chi connectivity index (χ3n) is 6.31. The van der Waals surface area contributed by atoms with E-state index >= 15 is 0 Å². The van der Waals surface area contributed by atoms with Gasteiger partial charge in [-0.25, -0.2) is 9.97 Å². The Labute approximate surface area is 191 Å². The van der Waals surface area contributed by atoms with E-state index in [4.69, 9.17) is 5.73 Å². The van der Waals surface area contributed by atoms with Gasteiger partial charge >= 0.3 is 6.18 Å². The molecule has 0 aliphatic carbocycles. The summed E-state index contributed by atoms with van der Waals surface area (Å²) in [6, 6.07) is 7.71. The highest BCUT2D eigenvalue weighted by molar-refractivity contribution is 5.96. The smallest absolute Gasteiger partial charge is 0.364 e. The molecule has 1 amide bonds. The van der Waals surface area contributed by atoms with Crippen molar-refractivity contribution in [1.82, 2.24) is 14.9 Å². The van der Waals surface area contributed by atoms with Crippen LogP contribution in [0.1, 0.15) is 54.1 Å². The summed E-state index contributed by atoms with van der Waals surface area (Å²) in [6.07, 6.45) is 2.21. The van der Waals surface area contributed by atoms with Crippen LogP contribution in [0.5, 0.6) is 0 Å². The first-order valence-electron chi connectivity index (χ1n) is 11.4.